The molecule has 8 heteroatoms. The summed E-state index contributed by atoms with van der Waals surface area (Å²) in [5, 5.41) is 21.1. The molecule has 98 valence electrons. The van der Waals surface area contributed by atoms with Crippen LogP contribution in [-0.2, 0) is 0 Å². The van der Waals surface area contributed by atoms with E-state index in [1.165, 1.54) is 16.8 Å². The summed E-state index contributed by atoms with van der Waals surface area (Å²) in [4.78, 5) is 11.3. The van der Waals surface area contributed by atoms with E-state index in [2.05, 4.69) is 15.5 Å². The number of rotatable bonds is 3. The molecule has 1 fully saturated rings. The molecule has 2 aromatic rings. The number of halogens is 2. The molecule has 0 radical (unpaired) electrons. The lowest BCUT2D eigenvalue weighted by Crippen LogP contribution is -2.10. The zero-order valence-corrected chi connectivity index (χ0v) is 11.1. The molecule has 1 aromatic carbocycles. The molecule has 0 spiro atoms. The van der Waals surface area contributed by atoms with E-state index in [1.807, 2.05) is 0 Å². The van der Waals surface area contributed by atoms with Crippen LogP contribution in [0.5, 0.6) is 0 Å². The largest absolute Gasteiger partial charge is 0.478 e. The van der Waals surface area contributed by atoms with Crippen molar-refractivity contribution in [2.45, 2.75) is 18.8 Å². The second-order valence-corrected chi connectivity index (χ2v) is 5.16. The van der Waals surface area contributed by atoms with Gasteiger partial charge in [-0.05, 0) is 35.4 Å². The predicted molar refractivity (Wildman–Crippen MR) is 68.1 cm³/mol. The minimum atomic E-state index is -1.13. The van der Waals surface area contributed by atoms with Gasteiger partial charge in [0, 0.05) is 10.9 Å². The van der Waals surface area contributed by atoms with Crippen LogP contribution in [0.2, 0.25) is 10.0 Å². The second-order valence-electron chi connectivity index (χ2n) is 4.31. The Hall–Kier alpha value is -1.66. The van der Waals surface area contributed by atoms with Crippen molar-refractivity contribution in [3.05, 3.63) is 33.6 Å². The van der Waals surface area contributed by atoms with E-state index >= 15 is 0 Å². The SMILES string of the molecule is O=C(O)c1cc(Cl)cc(Cl)c1-n1nnnc1C1CC1. The molecule has 0 amide bonds. The summed E-state index contributed by atoms with van der Waals surface area (Å²) in [5.74, 6) is -0.230. The molecular weight excluding hydrogens is 291 g/mol. The van der Waals surface area contributed by atoms with E-state index in [0.29, 0.717) is 5.82 Å². The first-order valence-electron chi connectivity index (χ1n) is 5.59. The van der Waals surface area contributed by atoms with Crippen molar-refractivity contribution >= 4 is 29.2 Å². The van der Waals surface area contributed by atoms with Gasteiger partial charge in [-0.15, -0.1) is 5.10 Å². The fourth-order valence-corrected chi connectivity index (χ4v) is 2.47. The number of carboxylic acids is 1. The highest BCUT2D eigenvalue weighted by Gasteiger charge is 2.31. The van der Waals surface area contributed by atoms with Gasteiger partial charge in [0.05, 0.1) is 10.6 Å². The summed E-state index contributed by atoms with van der Waals surface area (Å²) in [5.41, 5.74) is 0.233. The van der Waals surface area contributed by atoms with Crippen LogP contribution in [0.15, 0.2) is 12.1 Å². The van der Waals surface area contributed by atoms with Crippen LogP contribution < -0.4 is 0 Å². The Bertz CT molecular complexity index is 667. The molecule has 0 bridgehead atoms. The molecule has 1 aromatic heterocycles. The smallest absolute Gasteiger partial charge is 0.338 e. The molecule has 3 rings (SSSR count). The van der Waals surface area contributed by atoms with Crippen molar-refractivity contribution in [3.63, 3.8) is 0 Å². The van der Waals surface area contributed by atoms with Gasteiger partial charge >= 0.3 is 5.97 Å². The fraction of sp³-hybridized carbons (Fsp3) is 0.273. The van der Waals surface area contributed by atoms with E-state index in [0.717, 1.165) is 12.8 Å². The van der Waals surface area contributed by atoms with Crippen LogP contribution >= 0.6 is 23.2 Å². The van der Waals surface area contributed by atoms with Gasteiger partial charge in [-0.2, -0.15) is 4.68 Å². The third-order valence-corrected chi connectivity index (χ3v) is 3.41. The quantitative estimate of drug-likeness (QED) is 0.942. The summed E-state index contributed by atoms with van der Waals surface area (Å²) >= 11 is 11.9. The molecule has 1 saturated carbocycles. The maximum absolute atomic E-state index is 11.3. The summed E-state index contributed by atoms with van der Waals surface area (Å²) in [6.07, 6.45) is 1.99. The lowest BCUT2D eigenvalue weighted by Gasteiger charge is -2.10. The number of benzene rings is 1. The van der Waals surface area contributed by atoms with Crippen molar-refractivity contribution in [2.24, 2.45) is 0 Å². The van der Waals surface area contributed by atoms with Crippen LogP contribution in [0.25, 0.3) is 5.69 Å². The van der Waals surface area contributed by atoms with Crippen molar-refractivity contribution in [1.82, 2.24) is 20.2 Å². The first kappa shape index (κ1) is 12.4. The summed E-state index contributed by atoms with van der Waals surface area (Å²) in [6, 6.07) is 2.81. The van der Waals surface area contributed by atoms with Gasteiger partial charge in [-0.25, -0.2) is 4.79 Å². The first-order valence-corrected chi connectivity index (χ1v) is 6.34. The number of aromatic carboxylic acids is 1. The fourth-order valence-electron chi connectivity index (χ4n) is 1.89. The molecule has 0 saturated heterocycles. The molecule has 6 nitrogen and oxygen atoms in total. The van der Waals surface area contributed by atoms with Crippen LogP contribution in [-0.4, -0.2) is 31.3 Å². The van der Waals surface area contributed by atoms with E-state index in [-0.39, 0.29) is 27.2 Å². The number of carbonyl (C=O) groups is 1. The Labute approximate surface area is 117 Å². The number of aromatic nitrogens is 4. The highest BCUT2D eigenvalue weighted by atomic mass is 35.5. The molecule has 0 aliphatic heterocycles. The van der Waals surface area contributed by atoms with Gasteiger partial charge in [0.2, 0.25) is 0 Å². The average molecular weight is 299 g/mol. The molecule has 1 aliphatic rings. The van der Waals surface area contributed by atoms with E-state index in [4.69, 9.17) is 23.2 Å². The maximum atomic E-state index is 11.3. The number of nitrogens with zero attached hydrogens (tertiary/aromatic N) is 4. The molecule has 0 unspecified atom stereocenters. The van der Waals surface area contributed by atoms with Crippen molar-refractivity contribution in [3.8, 4) is 5.69 Å². The Morgan fingerprint density at radius 1 is 1.37 bits per heavy atom. The lowest BCUT2D eigenvalue weighted by atomic mass is 10.1. The third-order valence-electron chi connectivity index (χ3n) is 2.91. The molecule has 0 atom stereocenters. The average Bonchev–Trinajstić information content (AvgIpc) is 3.07. The minimum absolute atomic E-state index is 0.0216. The molecule has 19 heavy (non-hydrogen) atoms. The van der Waals surface area contributed by atoms with Gasteiger partial charge in [-0.3, -0.25) is 0 Å². The minimum Gasteiger partial charge on any atom is -0.478 e. The van der Waals surface area contributed by atoms with Gasteiger partial charge < -0.3 is 5.11 Å². The third kappa shape index (κ3) is 2.17. The zero-order chi connectivity index (χ0) is 13.6. The second kappa shape index (κ2) is 4.47. The summed E-state index contributed by atoms with van der Waals surface area (Å²) < 4.78 is 1.39. The van der Waals surface area contributed by atoms with Crippen molar-refractivity contribution in [1.29, 1.82) is 0 Å². The number of tetrazole rings is 1. The number of hydrogen-bond donors (Lipinski definition) is 1. The summed E-state index contributed by atoms with van der Waals surface area (Å²) in [6.45, 7) is 0. The van der Waals surface area contributed by atoms with Crippen LogP contribution in [0, 0.1) is 0 Å². The molecule has 1 N–H and O–H groups in total. The lowest BCUT2D eigenvalue weighted by molar-refractivity contribution is 0.0696. The molecule has 1 heterocycles. The van der Waals surface area contributed by atoms with Gasteiger partial charge in [0.15, 0.2) is 5.82 Å². The number of hydrogen-bond acceptors (Lipinski definition) is 4. The Kier molecular flexibility index (Phi) is 2.91. The van der Waals surface area contributed by atoms with Crippen LogP contribution in [0.4, 0.5) is 0 Å². The van der Waals surface area contributed by atoms with Gasteiger partial charge in [0.1, 0.15) is 5.69 Å². The van der Waals surface area contributed by atoms with Crippen molar-refractivity contribution in [2.75, 3.05) is 0 Å². The van der Waals surface area contributed by atoms with Crippen molar-refractivity contribution < 1.29 is 9.90 Å². The normalized spacial score (nSPS) is 14.6. The standard InChI is InChI=1S/C11H8Cl2N4O2/c12-6-3-7(11(18)19)9(8(13)4-6)17-10(5-1-2-5)14-15-16-17/h3-5H,1-2H2,(H,18,19). The zero-order valence-electron chi connectivity index (χ0n) is 9.55. The molecular formula is C11H8Cl2N4O2. The Balaban J connectivity index is 2.23. The van der Waals surface area contributed by atoms with E-state index in [1.54, 1.807) is 0 Å². The first-order chi connectivity index (χ1) is 9.08. The topological polar surface area (TPSA) is 80.9 Å². The maximum Gasteiger partial charge on any atom is 0.338 e. The number of carboxylic acid groups (broad SMARTS) is 1. The monoisotopic (exact) mass is 298 g/mol. The highest BCUT2D eigenvalue weighted by molar-refractivity contribution is 6.36. The highest BCUT2D eigenvalue weighted by Crippen LogP contribution is 2.40. The van der Waals surface area contributed by atoms with Gasteiger partial charge in [0.25, 0.3) is 0 Å². The predicted octanol–water partition coefficient (Wildman–Crippen LogP) is 2.54. The molecule has 1 aliphatic carbocycles. The Morgan fingerprint density at radius 2 is 2.11 bits per heavy atom. The van der Waals surface area contributed by atoms with Crippen LogP contribution in [0.1, 0.15) is 34.9 Å². The van der Waals surface area contributed by atoms with Gasteiger partial charge in [-0.1, -0.05) is 23.2 Å². The van der Waals surface area contributed by atoms with Crippen LogP contribution in [0.3, 0.4) is 0 Å². The summed E-state index contributed by atoms with van der Waals surface area (Å²) in [7, 11) is 0. The van der Waals surface area contributed by atoms with E-state index in [9.17, 15) is 9.90 Å². The Morgan fingerprint density at radius 3 is 2.74 bits per heavy atom. The van der Waals surface area contributed by atoms with E-state index < -0.39 is 5.97 Å².